The minimum atomic E-state index is -1.54. The standard InChI is InChI=1S/C9H6ClNO6/c1-17-9(14)4-2-5(10)7(8(12)13)6(3-4)11(15)16/h2-3H,1H3,(H,12,13). The number of carbonyl (C=O) groups excluding carboxylic acids is 1. The highest BCUT2D eigenvalue weighted by Gasteiger charge is 2.26. The third-order valence-corrected chi connectivity index (χ3v) is 2.20. The van der Waals surface area contributed by atoms with Gasteiger partial charge in [0.15, 0.2) is 5.56 Å². The molecular weight excluding hydrogens is 254 g/mol. The van der Waals surface area contributed by atoms with Crippen molar-refractivity contribution in [3.05, 3.63) is 38.4 Å². The van der Waals surface area contributed by atoms with Crippen molar-refractivity contribution in [1.82, 2.24) is 0 Å². The molecule has 7 nitrogen and oxygen atoms in total. The molecule has 1 aromatic carbocycles. The van der Waals surface area contributed by atoms with E-state index in [0.717, 1.165) is 19.2 Å². The molecule has 0 aliphatic heterocycles. The summed E-state index contributed by atoms with van der Waals surface area (Å²) in [6, 6.07) is 1.81. The number of aromatic carboxylic acids is 1. The molecule has 0 atom stereocenters. The van der Waals surface area contributed by atoms with E-state index in [1.165, 1.54) is 0 Å². The lowest BCUT2D eigenvalue weighted by Crippen LogP contribution is -2.08. The van der Waals surface area contributed by atoms with Gasteiger partial charge in [0.2, 0.25) is 0 Å². The number of carboxylic acid groups (broad SMARTS) is 1. The first-order valence-electron chi connectivity index (χ1n) is 4.18. The summed E-state index contributed by atoms with van der Waals surface area (Å²) >= 11 is 5.58. The molecule has 0 saturated heterocycles. The predicted octanol–water partition coefficient (Wildman–Crippen LogP) is 1.73. The van der Waals surface area contributed by atoms with Gasteiger partial charge in [0.1, 0.15) is 0 Å². The van der Waals surface area contributed by atoms with Gasteiger partial charge in [-0.05, 0) is 6.07 Å². The number of nitrogens with zero attached hydrogens (tertiary/aromatic N) is 1. The predicted molar refractivity (Wildman–Crippen MR) is 56.4 cm³/mol. The fourth-order valence-electron chi connectivity index (χ4n) is 1.18. The maximum absolute atomic E-state index is 11.2. The third kappa shape index (κ3) is 2.51. The summed E-state index contributed by atoms with van der Waals surface area (Å²) in [6.45, 7) is 0. The number of hydrogen-bond acceptors (Lipinski definition) is 5. The molecule has 0 spiro atoms. The lowest BCUT2D eigenvalue weighted by molar-refractivity contribution is -0.385. The lowest BCUT2D eigenvalue weighted by atomic mass is 10.1. The summed E-state index contributed by atoms with van der Waals surface area (Å²) < 4.78 is 4.36. The molecule has 0 aromatic heterocycles. The molecular formula is C9H6ClNO6. The Labute approximate surface area is 99.7 Å². The minimum absolute atomic E-state index is 0.186. The average Bonchev–Trinajstić information content (AvgIpc) is 2.26. The maximum Gasteiger partial charge on any atom is 0.344 e. The van der Waals surface area contributed by atoms with Gasteiger partial charge in [-0.2, -0.15) is 0 Å². The molecule has 0 aliphatic rings. The van der Waals surface area contributed by atoms with Crippen LogP contribution in [-0.4, -0.2) is 29.1 Å². The first kappa shape index (κ1) is 12.9. The summed E-state index contributed by atoms with van der Waals surface area (Å²) in [6.07, 6.45) is 0. The number of esters is 1. The van der Waals surface area contributed by atoms with Crippen molar-refractivity contribution in [3.8, 4) is 0 Å². The number of nitro groups is 1. The topological polar surface area (TPSA) is 107 Å². The first-order chi connectivity index (χ1) is 7.88. The fraction of sp³-hybridized carbons (Fsp3) is 0.111. The highest BCUT2D eigenvalue weighted by Crippen LogP contribution is 2.28. The monoisotopic (exact) mass is 259 g/mol. The zero-order chi connectivity index (χ0) is 13.2. The Balaban J connectivity index is 3.52. The van der Waals surface area contributed by atoms with Gasteiger partial charge in [-0.1, -0.05) is 11.6 Å². The molecule has 0 fully saturated rings. The zero-order valence-corrected chi connectivity index (χ0v) is 9.22. The van der Waals surface area contributed by atoms with Gasteiger partial charge in [0.05, 0.1) is 22.6 Å². The van der Waals surface area contributed by atoms with E-state index in [9.17, 15) is 19.7 Å². The summed E-state index contributed by atoms with van der Waals surface area (Å²) in [5.41, 5.74) is -1.61. The van der Waals surface area contributed by atoms with E-state index in [2.05, 4.69) is 4.74 Å². The van der Waals surface area contributed by atoms with Gasteiger partial charge in [0.25, 0.3) is 5.69 Å². The molecule has 0 bridgehead atoms. The smallest absolute Gasteiger partial charge is 0.344 e. The van der Waals surface area contributed by atoms with Crippen LogP contribution in [0.2, 0.25) is 5.02 Å². The van der Waals surface area contributed by atoms with Crippen molar-refractivity contribution in [3.63, 3.8) is 0 Å². The Morgan fingerprint density at radius 2 is 2.06 bits per heavy atom. The van der Waals surface area contributed by atoms with Crippen molar-refractivity contribution >= 4 is 29.2 Å². The Hall–Kier alpha value is -2.15. The number of rotatable bonds is 3. The van der Waals surface area contributed by atoms with E-state index in [-0.39, 0.29) is 5.56 Å². The van der Waals surface area contributed by atoms with Gasteiger partial charge in [0, 0.05) is 6.07 Å². The Morgan fingerprint density at radius 3 is 2.47 bits per heavy atom. The molecule has 0 radical (unpaired) electrons. The van der Waals surface area contributed by atoms with Crippen molar-refractivity contribution in [2.75, 3.05) is 7.11 Å². The fourth-order valence-corrected chi connectivity index (χ4v) is 1.48. The van der Waals surface area contributed by atoms with Crippen LogP contribution in [0.4, 0.5) is 5.69 Å². The minimum Gasteiger partial charge on any atom is -0.477 e. The molecule has 0 heterocycles. The molecule has 0 saturated carbocycles. The first-order valence-corrected chi connectivity index (χ1v) is 4.55. The average molecular weight is 260 g/mol. The highest BCUT2D eigenvalue weighted by molar-refractivity contribution is 6.34. The quantitative estimate of drug-likeness (QED) is 0.503. The zero-order valence-electron chi connectivity index (χ0n) is 8.47. The second-order valence-corrected chi connectivity index (χ2v) is 3.31. The number of benzene rings is 1. The largest absolute Gasteiger partial charge is 0.477 e. The van der Waals surface area contributed by atoms with Crippen LogP contribution in [0.3, 0.4) is 0 Å². The number of carboxylic acids is 1. The van der Waals surface area contributed by atoms with Crippen LogP contribution in [-0.2, 0) is 4.74 Å². The molecule has 1 rings (SSSR count). The van der Waals surface area contributed by atoms with Crippen LogP contribution in [0.15, 0.2) is 12.1 Å². The number of methoxy groups -OCH3 is 1. The highest BCUT2D eigenvalue weighted by atomic mass is 35.5. The normalized spacial score (nSPS) is 9.76. The second-order valence-electron chi connectivity index (χ2n) is 2.91. The van der Waals surface area contributed by atoms with E-state index in [1.807, 2.05) is 0 Å². The van der Waals surface area contributed by atoms with E-state index >= 15 is 0 Å². The Kier molecular flexibility index (Phi) is 3.64. The number of ether oxygens (including phenoxy) is 1. The van der Waals surface area contributed by atoms with Crippen LogP contribution in [0.1, 0.15) is 20.7 Å². The molecule has 1 N–H and O–H groups in total. The molecule has 0 unspecified atom stereocenters. The molecule has 0 aliphatic carbocycles. The van der Waals surface area contributed by atoms with Crippen molar-refractivity contribution < 1.29 is 24.4 Å². The molecule has 8 heteroatoms. The van der Waals surface area contributed by atoms with Gasteiger partial charge in [-0.25, -0.2) is 9.59 Å². The van der Waals surface area contributed by atoms with Crippen LogP contribution in [0.5, 0.6) is 0 Å². The number of carbonyl (C=O) groups is 2. The summed E-state index contributed by atoms with van der Waals surface area (Å²) in [5.74, 6) is -2.38. The van der Waals surface area contributed by atoms with Crippen molar-refractivity contribution in [2.45, 2.75) is 0 Å². The number of hydrogen-bond donors (Lipinski definition) is 1. The van der Waals surface area contributed by atoms with E-state index in [1.54, 1.807) is 0 Å². The van der Waals surface area contributed by atoms with E-state index in [0.29, 0.717) is 0 Å². The molecule has 17 heavy (non-hydrogen) atoms. The van der Waals surface area contributed by atoms with E-state index in [4.69, 9.17) is 16.7 Å². The maximum atomic E-state index is 11.2. The summed E-state index contributed by atoms with van der Waals surface area (Å²) in [7, 11) is 1.09. The van der Waals surface area contributed by atoms with Crippen molar-refractivity contribution in [2.24, 2.45) is 0 Å². The second kappa shape index (κ2) is 4.79. The van der Waals surface area contributed by atoms with Gasteiger partial charge in [-0.15, -0.1) is 0 Å². The van der Waals surface area contributed by atoms with Crippen LogP contribution >= 0.6 is 11.6 Å². The van der Waals surface area contributed by atoms with Crippen LogP contribution in [0.25, 0.3) is 0 Å². The molecule has 0 amide bonds. The molecule has 90 valence electrons. The van der Waals surface area contributed by atoms with Crippen molar-refractivity contribution in [1.29, 1.82) is 0 Å². The summed E-state index contributed by atoms with van der Waals surface area (Å²) in [4.78, 5) is 31.7. The number of nitro benzene ring substituents is 1. The van der Waals surface area contributed by atoms with Gasteiger partial charge in [-0.3, -0.25) is 10.1 Å². The Morgan fingerprint density at radius 1 is 1.47 bits per heavy atom. The van der Waals surface area contributed by atoms with Gasteiger partial charge >= 0.3 is 11.9 Å². The summed E-state index contributed by atoms with van der Waals surface area (Å²) in [5, 5.41) is 19.1. The van der Waals surface area contributed by atoms with E-state index < -0.39 is 33.1 Å². The lowest BCUT2D eigenvalue weighted by Gasteiger charge is -2.04. The van der Waals surface area contributed by atoms with Crippen LogP contribution in [0, 0.1) is 10.1 Å². The molecule has 1 aromatic rings. The van der Waals surface area contributed by atoms with Gasteiger partial charge < -0.3 is 9.84 Å². The third-order valence-electron chi connectivity index (χ3n) is 1.90. The SMILES string of the molecule is COC(=O)c1cc(Cl)c(C(=O)O)c([N+](=O)[O-])c1. The van der Waals surface area contributed by atoms with Crippen LogP contribution < -0.4 is 0 Å². The Bertz CT molecular complexity index is 512. The number of halogens is 1.